The third kappa shape index (κ3) is 4.83. The molecule has 1 aromatic heterocycles. The fourth-order valence-corrected chi connectivity index (χ4v) is 2.10. The largest absolute Gasteiger partial charge is 1.00 e. The molecule has 0 bridgehead atoms. The molecule has 0 unspecified atom stereocenters. The number of thiazole rings is 1. The number of benzene rings is 1. The van der Waals surface area contributed by atoms with Gasteiger partial charge in [-0.3, -0.25) is 0 Å². The Morgan fingerprint density at radius 3 is 2.68 bits per heavy atom. The van der Waals surface area contributed by atoms with Gasteiger partial charge in [0.1, 0.15) is 0 Å². The Morgan fingerprint density at radius 2 is 2.11 bits per heavy atom. The maximum absolute atomic E-state index is 10.6. The van der Waals surface area contributed by atoms with E-state index in [4.69, 9.17) is 5.11 Å². The van der Waals surface area contributed by atoms with E-state index in [0.29, 0.717) is 5.13 Å². The SMILES string of the molecule is O=C(O)c1csc([NH2+]/N=C/c2ccc(Br)cc2)n1.[Br-]. The van der Waals surface area contributed by atoms with Gasteiger partial charge in [-0.1, -0.05) is 44.5 Å². The first kappa shape index (κ1) is 16.0. The zero-order valence-corrected chi connectivity index (χ0v) is 13.4. The number of hydrogen-bond donors (Lipinski definition) is 2. The van der Waals surface area contributed by atoms with Crippen molar-refractivity contribution in [3.63, 3.8) is 0 Å². The number of nitrogens with two attached hydrogens (primary N) is 1. The van der Waals surface area contributed by atoms with Crippen molar-refractivity contribution in [3.05, 3.63) is 45.4 Å². The first-order chi connectivity index (χ1) is 8.65. The Balaban J connectivity index is 0.00000180. The summed E-state index contributed by atoms with van der Waals surface area (Å²) in [6, 6.07) is 7.69. The molecule has 100 valence electrons. The van der Waals surface area contributed by atoms with Crippen LogP contribution in [0.2, 0.25) is 0 Å². The predicted molar refractivity (Wildman–Crippen MR) is 72.4 cm³/mol. The topological polar surface area (TPSA) is 79.2 Å². The van der Waals surface area contributed by atoms with Crippen molar-refractivity contribution < 1.29 is 32.3 Å². The molecule has 3 N–H and O–H groups in total. The zero-order chi connectivity index (χ0) is 13.0. The number of aromatic nitrogens is 1. The van der Waals surface area contributed by atoms with Crippen LogP contribution in [-0.4, -0.2) is 22.3 Å². The van der Waals surface area contributed by atoms with E-state index < -0.39 is 5.97 Å². The molecular weight excluding hydrogens is 398 g/mol. The summed E-state index contributed by atoms with van der Waals surface area (Å²) in [4.78, 5) is 14.5. The fourth-order valence-electron chi connectivity index (χ4n) is 1.18. The highest BCUT2D eigenvalue weighted by Crippen LogP contribution is 2.10. The van der Waals surface area contributed by atoms with Gasteiger partial charge in [-0.25, -0.2) is 4.79 Å². The van der Waals surface area contributed by atoms with Gasteiger partial charge in [-0.15, -0.1) is 0 Å². The lowest BCUT2D eigenvalue weighted by Gasteiger charge is -1.91. The van der Waals surface area contributed by atoms with Crippen LogP contribution >= 0.6 is 27.3 Å². The maximum Gasteiger partial charge on any atom is 0.355 e. The molecule has 0 fully saturated rings. The van der Waals surface area contributed by atoms with E-state index >= 15 is 0 Å². The van der Waals surface area contributed by atoms with Gasteiger partial charge in [0.05, 0.1) is 6.21 Å². The predicted octanol–water partition coefficient (Wildman–Crippen LogP) is -1.16. The van der Waals surface area contributed by atoms with Crippen LogP contribution in [0.3, 0.4) is 0 Å². The normalized spacial score (nSPS) is 10.4. The summed E-state index contributed by atoms with van der Waals surface area (Å²) < 4.78 is 1.01. The molecule has 0 saturated carbocycles. The van der Waals surface area contributed by atoms with Crippen molar-refractivity contribution in [1.82, 2.24) is 4.98 Å². The number of rotatable bonds is 4. The van der Waals surface area contributed by atoms with Crippen LogP contribution in [0.5, 0.6) is 0 Å². The van der Waals surface area contributed by atoms with E-state index in [1.807, 2.05) is 24.3 Å². The summed E-state index contributed by atoms with van der Waals surface area (Å²) in [7, 11) is 0. The molecule has 0 aliphatic carbocycles. The van der Waals surface area contributed by atoms with E-state index in [9.17, 15) is 4.79 Å². The minimum atomic E-state index is -1.03. The first-order valence-electron chi connectivity index (χ1n) is 4.96. The number of carboxylic acids is 1. The number of carboxylic acid groups (broad SMARTS) is 1. The van der Waals surface area contributed by atoms with Crippen LogP contribution in [0.1, 0.15) is 16.1 Å². The second-order valence-corrected chi connectivity index (χ2v) is 5.14. The number of hydrogen-bond acceptors (Lipinski definition) is 4. The number of nitrogens with zero attached hydrogens (tertiary/aromatic N) is 2. The van der Waals surface area contributed by atoms with Gasteiger partial charge in [0, 0.05) is 9.85 Å². The van der Waals surface area contributed by atoms with Gasteiger partial charge in [0.2, 0.25) is 0 Å². The smallest absolute Gasteiger partial charge is 0.355 e. The third-order valence-corrected chi connectivity index (χ3v) is 3.33. The van der Waals surface area contributed by atoms with Crippen LogP contribution in [0, 0.1) is 0 Å². The summed E-state index contributed by atoms with van der Waals surface area (Å²) >= 11 is 4.60. The van der Waals surface area contributed by atoms with Crippen molar-refractivity contribution in [1.29, 1.82) is 0 Å². The Morgan fingerprint density at radius 1 is 1.42 bits per heavy atom. The lowest BCUT2D eigenvalue weighted by molar-refractivity contribution is -0.576. The molecule has 1 aromatic carbocycles. The van der Waals surface area contributed by atoms with E-state index in [1.54, 1.807) is 11.6 Å². The second kappa shape index (κ2) is 7.49. The Bertz CT molecular complexity index is 584. The van der Waals surface area contributed by atoms with Gasteiger partial charge in [-0.2, -0.15) is 10.4 Å². The third-order valence-electron chi connectivity index (χ3n) is 2.02. The van der Waals surface area contributed by atoms with Crippen molar-refractivity contribution in [3.8, 4) is 0 Å². The van der Waals surface area contributed by atoms with Gasteiger partial charge < -0.3 is 22.1 Å². The van der Waals surface area contributed by atoms with E-state index in [1.165, 1.54) is 16.7 Å². The molecule has 0 saturated heterocycles. The molecule has 2 aromatic rings. The minimum Gasteiger partial charge on any atom is -1.00 e. The Labute approximate surface area is 132 Å². The minimum absolute atomic E-state index is 0. The Kier molecular flexibility index (Phi) is 6.29. The quantitative estimate of drug-likeness (QED) is 0.381. The number of aromatic carboxylic acids is 1. The summed E-state index contributed by atoms with van der Waals surface area (Å²) in [5.74, 6) is -1.03. The van der Waals surface area contributed by atoms with Gasteiger partial charge in [0.15, 0.2) is 5.69 Å². The fraction of sp³-hybridized carbons (Fsp3) is 0. The summed E-state index contributed by atoms with van der Waals surface area (Å²) in [5.41, 5.74) is 2.55. The van der Waals surface area contributed by atoms with Crippen molar-refractivity contribution in [2.24, 2.45) is 5.10 Å². The van der Waals surface area contributed by atoms with Crippen LogP contribution < -0.4 is 22.4 Å². The van der Waals surface area contributed by atoms with E-state index in [-0.39, 0.29) is 22.7 Å². The number of carbonyl (C=O) groups is 1. The van der Waals surface area contributed by atoms with Crippen molar-refractivity contribution in [2.45, 2.75) is 0 Å². The molecule has 0 spiro atoms. The second-order valence-electron chi connectivity index (χ2n) is 3.33. The molecule has 0 aliphatic rings. The summed E-state index contributed by atoms with van der Waals surface area (Å²) in [6.45, 7) is 0. The highest BCUT2D eigenvalue weighted by atomic mass is 79.9. The lowest BCUT2D eigenvalue weighted by atomic mass is 10.2. The van der Waals surface area contributed by atoms with Crippen LogP contribution in [-0.2, 0) is 0 Å². The molecule has 2 rings (SSSR count). The number of halogens is 2. The maximum atomic E-state index is 10.6. The molecule has 0 radical (unpaired) electrons. The lowest BCUT2D eigenvalue weighted by Crippen LogP contribution is -3.00. The zero-order valence-electron chi connectivity index (χ0n) is 9.46. The molecule has 5 nitrogen and oxygen atoms in total. The number of quaternary nitrogens is 1. The van der Waals surface area contributed by atoms with Crippen LogP contribution in [0.25, 0.3) is 0 Å². The first-order valence-corrected chi connectivity index (χ1v) is 6.63. The van der Waals surface area contributed by atoms with Gasteiger partial charge in [0.25, 0.3) is 0 Å². The monoisotopic (exact) mass is 405 g/mol. The standard InChI is InChI=1S/C11H8BrN3O2S.BrH/c12-8-3-1-7(2-4-8)5-13-15-11-14-9(6-18-11)10(16)17;/h1-6H,(H,14,15)(H,16,17);1H/b13-5+;. The van der Waals surface area contributed by atoms with E-state index in [2.05, 4.69) is 26.0 Å². The van der Waals surface area contributed by atoms with Gasteiger partial charge in [-0.05, 0) is 17.7 Å². The highest BCUT2D eigenvalue weighted by molar-refractivity contribution is 9.10. The molecule has 19 heavy (non-hydrogen) atoms. The van der Waals surface area contributed by atoms with E-state index in [0.717, 1.165) is 10.0 Å². The van der Waals surface area contributed by atoms with Crippen molar-refractivity contribution >= 4 is 44.6 Å². The highest BCUT2D eigenvalue weighted by Gasteiger charge is 2.10. The van der Waals surface area contributed by atoms with Gasteiger partial charge >= 0.3 is 11.1 Å². The average molecular weight is 407 g/mol. The van der Waals surface area contributed by atoms with Crippen LogP contribution in [0.15, 0.2) is 39.2 Å². The average Bonchev–Trinajstić information content (AvgIpc) is 2.81. The summed E-state index contributed by atoms with van der Waals surface area (Å²) in [6.07, 6.45) is 1.69. The molecule has 0 atom stereocenters. The molecule has 0 aliphatic heterocycles. The Hall–Kier alpha value is -1.09. The molecule has 0 amide bonds. The molecular formula is C11H9Br2N3O2S. The summed E-state index contributed by atoms with van der Waals surface area (Å²) in [5, 5.41) is 14.9. The van der Waals surface area contributed by atoms with Crippen molar-refractivity contribution in [2.75, 3.05) is 0 Å². The van der Waals surface area contributed by atoms with Crippen LogP contribution in [0.4, 0.5) is 5.13 Å². The molecule has 8 heteroatoms. The molecule has 1 heterocycles.